The van der Waals surface area contributed by atoms with Crippen molar-refractivity contribution >= 4 is 5.78 Å². The quantitative estimate of drug-likeness (QED) is 0.557. The fourth-order valence-corrected chi connectivity index (χ4v) is 0.972. The molecule has 1 rings (SSSR count). The van der Waals surface area contributed by atoms with E-state index in [0.717, 1.165) is 0 Å². The zero-order chi connectivity index (χ0) is 8.27. The predicted molar refractivity (Wildman–Crippen MR) is 40.1 cm³/mol. The summed E-state index contributed by atoms with van der Waals surface area (Å²) in [5, 5.41) is 0. The summed E-state index contributed by atoms with van der Waals surface area (Å²) in [6.45, 7) is 1.52. The Bertz CT molecular complexity index is 174. The van der Waals surface area contributed by atoms with E-state index >= 15 is 0 Å². The van der Waals surface area contributed by atoms with Gasteiger partial charge in [-0.15, -0.1) is 0 Å². The number of hydrogen-bond acceptors (Lipinski definition) is 3. The van der Waals surface area contributed by atoms with Gasteiger partial charge in [-0.2, -0.15) is 0 Å². The molecule has 0 aromatic rings. The van der Waals surface area contributed by atoms with Gasteiger partial charge in [0.2, 0.25) is 0 Å². The molecule has 62 valence electrons. The third-order valence-electron chi connectivity index (χ3n) is 1.63. The highest BCUT2D eigenvalue weighted by molar-refractivity contribution is 5.80. The van der Waals surface area contributed by atoms with E-state index < -0.39 is 0 Å². The molecular formula is C8H12O3. The Kier molecular flexibility index (Phi) is 2.79. The van der Waals surface area contributed by atoms with Crippen LogP contribution in [0.5, 0.6) is 0 Å². The Balaban J connectivity index is 2.51. The molecule has 0 bridgehead atoms. The topological polar surface area (TPSA) is 35.5 Å². The van der Waals surface area contributed by atoms with Gasteiger partial charge in [-0.1, -0.05) is 6.08 Å². The van der Waals surface area contributed by atoms with Gasteiger partial charge in [0.05, 0.1) is 0 Å². The number of hydrogen-bond donors (Lipinski definition) is 0. The van der Waals surface area contributed by atoms with Gasteiger partial charge in [0.1, 0.15) is 6.10 Å². The van der Waals surface area contributed by atoms with Crippen LogP contribution in [0.2, 0.25) is 0 Å². The Labute approximate surface area is 66.0 Å². The normalized spacial score (nSPS) is 30.4. The maximum Gasteiger partial charge on any atom is 0.177 e. The Morgan fingerprint density at radius 3 is 3.00 bits per heavy atom. The molecule has 1 aliphatic heterocycles. The summed E-state index contributed by atoms with van der Waals surface area (Å²) < 4.78 is 10.1. The Hall–Kier alpha value is -0.670. The summed E-state index contributed by atoms with van der Waals surface area (Å²) in [5.41, 5.74) is 0. The van der Waals surface area contributed by atoms with Crippen molar-refractivity contribution in [1.29, 1.82) is 0 Å². The van der Waals surface area contributed by atoms with Crippen LogP contribution in [0, 0.1) is 0 Å². The van der Waals surface area contributed by atoms with Crippen LogP contribution in [0.4, 0.5) is 0 Å². The lowest BCUT2D eigenvalue weighted by Crippen LogP contribution is -2.30. The molecule has 2 atom stereocenters. The van der Waals surface area contributed by atoms with Gasteiger partial charge in [0.15, 0.2) is 12.1 Å². The smallest absolute Gasteiger partial charge is 0.177 e. The van der Waals surface area contributed by atoms with Crippen LogP contribution < -0.4 is 0 Å². The molecule has 1 aliphatic rings. The third-order valence-corrected chi connectivity index (χ3v) is 1.63. The molecule has 3 nitrogen and oxygen atoms in total. The molecule has 2 unspecified atom stereocenters. The standard InChI is InChI=1S/C8H12O3/c1-6(9)7-4-3-5-8(10-2)11-7/h3,5,7-8H,4H2,1-2H3. The summed E-state index contributed by atoms with van der Waals surface area (Å²) in [6, 6.07) is 0. The van der Waals surface area contributed by atoms with Gasteiger partial charge < -0.3 is 9.47 Å². The highest BCUT2D eigenvalue weighted by atomic mass is 16.7. The van der Waals surface area contributed by atoms with Crippen molar-refractivity contribution in [2.75, 3.05) is 7.11 Å². The van der Waals surface area contributed by atoms with Crippen LogP contribution in [0.1, 0.15) is 13.3 Å². The van der Waals surface area contributed by atoms with Crippen molar-refractivity contribution < 1.29 is 14.3 Å². The zero-order valence-corrected chi connectivity index (χ0v) is 6.74. The number of methoxy groups -OCH3 is 1. The second kappa shape index (κ2) is 3.64. The van der Waals surface area contributed by atoms with Crippen molar-refractivity contribution in [2.45, 2.75) is 25.7 Å². The van der Waals surface area contributed by atoms with Crippen molar-refractivity contribution in [1.82, 2.24) is 0 Å². The van der Waals surface area contributed by atoms with Crippen molar-refractivity contribution in [3.05, 3.63) is 12.2 Å². The predicted octanol–water partition coefficient (Wildman–Crippen LogP) is 0.893. The Morgan fingerprint density at radius 1 is 1.73 bits per heavy atom. The SMILES string of the molecule is COC1C=CCC(C(C)=O)O1. The number of carbonyl (C=O) groups is 1. The maximum atomic E-state index is 10.8. The van der Waals surface area contributed by atoms with Gasteiger partial charge in [-0.05, 0) is 19.4 Å². The van der Waals surface area contributed by atoms with E-state index in [-0.39, 0.29) is 18.2 Å². The van der Waals surface area contributed by atoms with Crippen molar-refractivity contribution in [3.8, 4) is 0 Å². The van der Waals surface area contributed by atoms with E-state index in [9.17, 15) is 4.79 Å². The van der Waals surface area contributed by atoms with E-state index in [1.165, 1.54) is 6.92 Å². The molecule has 3 heteroatoms. The summed E-state index contributed by atoms with van der Waals surface area (Å²) in [5.74, 6) is 0.0522. The fraction of sp³-hybridized carbons (Fsp3) is 0.625. The van der Waals surface area contributed by atoms with Crippen LogP contribution in [0.3, 0.4) is 0 Å². The lowest BCUT2D eigenvalue weighted by molar-refractivity contribution is -0.154. The molecule has 0 aliphatic carbocycles. The van der Waals surface area contributed by atoms with E-state index in [4.69, 9.17) is 9.47 Å². The second-order valence-corrected chi connectivity index (χ2v) is 2.50. The summed E-state index contributed by atoms with van der Waals surface area (Å²) in [4.78, 5) is 10.8. The molecule has 0 radical (unpaired) electrons. The average Bonchev–Trinajstić information content (AvgIpc) is 2.05. The molecule has 0 aromatic carbocycles. The van der Waals surface area contributed by atoms with E-state index in [1.54, 1.807) is 13.2 Å². The largest absolute Gasteiger partial charge is 0.352 e. The first kappa shape index (κ1) is 8.43. The van der Waals surface area contributed by atoms with Crippen molar-refractivity contribution in [3.63, 3.8) is 0 Å². The fourth-order valence-electron chi connectivity index (χ4n) is 0.972. The molecule has 0 saturated carbocycles. The van der Waals surface area contributed by atoms with Gasteiger partial charge in [-0.3, -0.25) is 4.79 Å². The number of rotatable bonds is 2. The number of ether oxygens (including phenoxy) is 2. The molecule has 1 heterocycles. The molecule has 0 amide bonds. The van der Waals surface area contributed by atoms with Gasteiger partial charge in [0, 0.05) is 7.11 Å². The molecule has 0 fully saturated rings. The lowest BCUT2D eigenvalue weighted by Gasteiger charge is -2.22. The summed E-state index contributed by atoms with van der Waals surface area (Å²) in [7, 11) is 1.55. The zero-order valence-electron chi connectivity index (χ0n) is 6.74. The van der Waals surface area contributed by atoms with Gasteiger partial charge in [-0.25, -0.2) is 0 Å². The first-order chi connectivity index (χ1) is 5.24. The molecule has 0 spiro atoms. The first-order valence-electron chi connectivity index (χ1n) is 3.59. The average molecular weight is 156 g/mol. The highest BCUT2D eigenvalue weighted by Crippen LogP contribution is 2.12. The minimum Gasteiger partial charge on any atom is -0.352 e. The number of Topliss-reactive ketones (excluding diaryl/α,β-unsaturated/α-hetero) is 1. The van der Waals surface area contributed by atoms with Crippen LogP contribution in [-0.2, 0) is 14.3 Å². The van der Waals surface area contributed by atoms with E-state index in [2.05, 4.69) is 0 Å². The molecule has 0 aromatic heterocycles. The summed E-state index contributed by atoms with van der Waals surface area (Å²) in [6.07, 6.45) is 3.71. The van der Waals surface area contributed by atoms with Gasteiger partial charge >= 0.3 is 0 Å². The monoisotopic (exact) mass is 156 g/mol. The molecular weight excluding hydrogens is 144 g/mol. The maximum absolute atomic E-state index is 10.8. The van der Waals surface area contributed by atoms with Crippen molar-refractivity contribution in [2.24, 2.45) is 0 Å². The minimum absolute atomic E-state index is 0.0522. The molecule has 11 heavy (non-hydrogen) atoms. The lowest BCUT2D eigenvalue weighted by atomic mass is 10.1. The molecule has 0 N–H and O–H groups in total. The third kappa shape index (κ3) is 2.13. The van der Waals surface area contributed by atoms with Crippen LogP contribution in [-0.4, -0.2) is 25.3 Å². The Morgan fingerprint density at radius 2 is 2.45 bits per heavy atom. The highest BCUT2D eigenvalue weighted by Gasteiger charge is 2.20. The van der Waals surface area contributed by atoms with E-state index in [1.807, 2.05) is 6.08 Å². The second-order valence-electron chi connectivity index (χ2n) is 2.50. The van der Waals surface area contributed by atoms with Crippen LogP contribution in [0.25, 0.3) is 0 Å². The summed E-state index contributed by atoms with van der Waals surface area (Å²) >= 11 is 0. The van der Waals surface area contributed by atoms with Crippen LogP contribution in [0.15, 0.2) is 12.2 Å². The van der Waals surface area contributed by atoms with Gasteiger partial charge in [0.25, 0.3) is 0 Å². The minimum atomic E-state index is -0.349. The number of carbonyl (C=O) groups excluding carboxylic acids is 1. The van der Waals surface area contributed by atoms with Crippen LogP contribution >= 0.6 is 0 Å². The number of ketones is 1. The molecule has 0 saturated heterocycles. The first-order valence-corrected chi connectivity index (χ1v) is 3.59. The van der Waals surface area contributed by atoms with E-state index in [0.29, 0.717) is 6.42 Å².